The van der Waals surface area contributed by atoms with Crippen LogP contribution in [0, 0.1) is 0 Å². The molecule has 7 nitrogen and oxygen atoms in total. The summed E-state index contributed by atoms with van der Waals surface area (Å²) in [6.07, 6.45) is 4.24. The molecule has 0 unspecified atom stereocenters. The van der Waals surface area contributed by atoms with Gasteiger partial charge < -0.3 is 15.4 Å². The maximum Gasteiger partial charge on any atom is 0.270 e. The molecule has 1 heterocycles. The Morgan fingerprint density at radius 1 is 1.60 bits per heavy atom. The normalized spacial score (nSPS) is 14.1. The minimum absolute atomic E-state index is 0.0328. The number of likely N-dealkylation sites (N-methyl/N-ethyl adjacent to an activating group) is 1. The fourth-order valence-electron chi connectivity index (χ4n) is 1.79. The second-order valence-electron chi connectivity index (χ2n) is 4.91. The van der Waals surface area contributed by atoms with Crippen LogP contribution in [0.2, 0.25) is 0 Å². The second kappa shape index (κ2) is 6.51. The van der Waals surface area contributed by atoms with Crippen LogP contribution in [0.5, 0.6) is 5.75 Å². The summed E-state index contributed by atoms with van der Waals surface area (Å²) in [5, 5.41) is 3.96. The predicted octanol–water partition coefficient (Wildman–Crippen LogP) is -0.408. The molecule has 2 rings (SSSR count). The van der Waals surface area contributed by atoms with Gasteiger partial charge in [-0.1, -0.05) is 0 Å². The number of hydrogen-bond acceptors (Lipinski definition) is 5. The molecule has 1 amide bonds. The van der Waals surface area contributed by atoms with Crippen LogP contribution in [0.25, 0.3) is 0 Å². The Bertz CT molecular complexity index is 525. The first kappa shape index (κ1) is 14.5. The molecule has 1 aromatic heterocycles. The van der Waals surface area contributed by atoms with Crippen LogP contribution in [0.1, 0.15) is 19.3 Å². The number of nitrogens with zero attached hydrogens (tertiary/aromatic N) is 3. The Kier molecular flexibility index (Phi) is 4.73. The molecule has 1 aliphatic carbocycles. The van der Waals surface area contributed by atoms with Crippen molar-refractivity contribution in [3.8, 4) is 5.75 Å². The highest BCUT2D eigenvalue weighted by molar-refractivity contribution is 5.76. The zero-order valence-corrected chi connectivity index (χ0v) is 11.6. The largest absolute Gasteiger partial charge is 0.492 e. The predicted molar refractivity (Wildman–Crippen MR) is 73.5 cm³/mol. The molecule has 0 saturated heterocycles. The van der Waals surface area contributed by atoms with E-state index in [0.29, 0.717) is 31.4 Å². The lowest BCUT2D eigenvalue weighted by Crippen LogP contribution is -2.36. The van der Waals surface area contributed by atoms with Crippen molar-refractivity contribution >= 4 is 5.91 Å². The molecule has 1 fully saturated rings. The molecule has 0 atom stereocenters. The number of amides is 1. The molecule has 20 heavy (non-hydrogen) atoms. The summed E-state index contributed by atoms with van der Waals surface area (Å²) in [6.45, 7) is 0.951. The van der Waals surface area contributed by atoms with Crippen LogP contribution in [0.4, 0.5) is 0 Å². The number of ether oxygens (including phenoxy) is 1. The Morgan fingerprint density at radius 2 is 2.35 bits per heavy atom. The van der Waals surface area contributed by atoms with Crippen molar-refractivity contribution in [2.24, 2.45) is 5.73 Å². The van der Waals surface area contributed by atoms with E-state index >= 15 is 0 Å². The number of rotatable bonds is 7. The fraction of sp³-hybridized carbons (Fsp3) is 0.615. The lowest BCUT2D eigenvalue weighted by atomic mass is 10.4. The van der Waals surface area contributed by atoms with E-state index in [2.05, 4.69) is 5.10 Å². The highest BCUT2D eigenvalue weighted by Crippen LogP contribution is 2.25. The first-order valence-electron chi connectivity index (χ1n) is 6.77. The SMILES string of the molecule is CN(C(=O)Cn1ncc(OCCCN)cc1=O)C1CC1. The van der Waals surface area contributed by atoms with E-state index in [9.17, 15) is 9.59 Å². The molecule has 0 bridgehead atoms. The van der Waals surface area contributed by atoms with E-state index in [1.165, 1.54) is 12.3 Å². The third kappa shape index (κ3) is 3.80. The van der Waals surface area contributed by atoms with Gasteiger partial charge in [0, 0.05) is 19.2 Å². The van der Waals surface area contributed by atoms with Crippen molar-refractivity contribution in [3.63, 3.8) is 0 Å². The van der Waals surface area contributed by atoms with Crippen molar-refractivity contribution in [2.45, 2.75) is 31.8 Å². The van der Waals surface area contributed by atoms with Crippen molar-refractivity contribution in [1.29, 1.82) is 0 Å². The Labute approximate surface area is 117 Å². The minimum Gasteiger partial charge on any atom is -0.492 e. The average molecular weight is 280 g/mol. The molecule has 0 radical (unpaired) electrons. The zero-order chi connectivity index (χ0) is 14.5. The molecule has 1 aliphatic rings. The third-order valence-electron chi connectivity index (χ3n) is 3.23. The summed E-state index contributed by atoms with van der Waals surface area (Å²) in [5.74, 6) is 0.307. The highest BCUT2D eigenvalue weighted by Gasteiger charge is 2.29. The van der Waals surface area contributed by atoms with Crippen molar-refractivity contribution < 1.29 is 9.53 Å². The van der Waals surface area contributed by atoms with Crippen LogP contribution >= 0.6 is 0 Å². The molecule has 110 valence electrons. The van der Waals surface area contributed by atoms with E-state index in [1.807, 2.05) is 0 Å². The topological polar surface area (TPSA) is 90.4 Å². The monoisotopic (exact) mass is 280 g/mol. The van der Waals surface area contributed by atoms with Crippen LogP contribution in [0.3, 0.4) is 0 Å². The molecule has 1 saturated carbocycles. The zero-order valence-electron chi connectivity index (χ0n) is 11.6. The van der Waals surface area contributed by atoms with Gasteiger partial charge >= 0.3 is 0 Å². The van der Waals surface area contributed by atoms with Gasteiger partial charge in [0.1, 0.15) is 12.3 Å². The Hall–Kier alpha value is -1.89. The molecule has 0 aromatic carbocycles. The van der Waals surface area contributed by atoms with Gasteiger partial charge in [-0.05, 0) is 25.8 Å². The second-order valence-corrected chi connectivity index (χ2v) is 4.91. The minimum atomic E-state index is -0.340. The van der Waals surface area contributed by atoms with Gasteiger partial charge in [0.25, 0.3) is 5.56 Å². The fourth-order valence-corrected chi connectivity index (χ4v) is 1.79. The average Bonchev–Trinajstić information content (AvgIpc) is 3.25. The summed E-state index contributed by atoms with van der Waals surface area (Å²) in [5.41, 5.74) is 5.02. The van der Waals surface area contributed by atoms with E-state index in [1.54, 1.807) is 11.9 Å². The Morgan fingerprint density at radius 3 is 2.95 bits per heavy atom. The van der Waals surface area contributed by atoms with Crippen LogP contribution < -0.4 is 16.0 Å². The summed E-state index contributed by atoms with van der Waals surface area (Å²) in [4.78, 5) is 25.4. The molecular formula is C13H20N4O3. The lowest BCUT2D eigenvalue weighted by molar-refractivity contribution is -0.131. The van der Waals surface area contributed by atoms with Crippen LogP contribution in [0.15, 0.2) is 17.1 Å². The summed E-state index contributed by atoms with van der Waals surface area (Å²) >= 11 is 0. The van der Waals surface area contributed by atoms with Gasteiger partial charge in [0.05, 0.1) is 12.8 Å². The summed E-state index contributed by atoms with van der Waals surface area (Å²) in [7, 11) is 1.76. The quantitative estimate of drug-likeness (QED) is 0.686. The number of nitrogens with two attached hydrogens (primary N) is 1. The smallest absolute Gasteiger partial charge is 0.270 e. The van der Waals surface area contributed by atoms with Crippen molar-refractivity contribution in [3.05, 3.63) is 22.6 Å². The Balaban J connectivity index is 1.95. The number of carbonyl (C=O) groups is 1. The number of aromatic nitrogens is 2. The third-order valence-corrected chi connectivity index (χ3v) is 3.23. The van der Waals surface area contributed by atoms with Crippen LogP contribution in [-0.4, -0.2) is 46.8 Å². The lowest BCUT2D eigenvalue weighted by Gasteiger charge is -2.16. The van der Waals surface area contributed by atoms with Gasteiger partial charge in [-0.3, -0.25) is 9.59 Å². The van der Waals surface area contributed by atoms with Gasteiger partial charge in [-0.2, -0.15) is 5.10 Å². The standard InChI is InChI=1S/C13H20N4O3/c1-16(10-3-4-10)13(19)9-17-12(18)7-11(8-15-17)20-6-2-5-14/h7-8,10H,2-6,9,14H2,1H3. The van der Waals surface area contributed by atoms with Gasteiger partial charge in [-0.25, -0.2) is 4.68 Å². The molecule has 1 aromatic rings. The van der Waals surface area contributed by atoms with Gasteiger partial charge in [0.15, 0.2) is 0 Å². The molecule has 0 spiro atoms. The molecule has 0 aliphatic heterocycles. The molecule has 2 N–H and O–H groups in total. The molecule has 7 heteroatoms. The van der Waals surface area contributed by atoms with E-state index in [0.717, 1.165) is 17.5 Å². The highest BCUT2D eigenvalue weighted by atomic mass is 16.5. The summed E-state index contributed by atoms with van der Waals surface area (Å²) < 4.78 is 6.48. The van der Waals surface area contributed by atoms with E-state index in [-0.39, 0.29) is 18.0 Å². The van der Waals surface area contributed by atoms with Crippen molar-refractivity contribution in [2.75, 3.05) is 20.2 Å². The van der Waals surface area contributed by atoms with Gasteiger partial charge in [0.2, 0.25) is 5.91 Å². The van der Waals surface area contributed by atoms with Gasteiger partial charge in [-0.15, -0.1) is 0 Å². The molecular weight excluding hydrogens is 260 g/mol. The van der Waals surface area contributed by atoms with E-state index < -0.39 is 0 Å². The summed E-state index contributed by atoms with van der Waals surface area (Å²) in [6, 6.07) is 1.67. The number of carbonyl (C=O) groups excluding carboxylic acids is 1. The van der Waals surface area contributed by atoms with Crippen molar-refractivity contribution in [1.82, 2.24) is 14.7 Å². The maximum atomic E-state index is 11.9. The van der Waals surface area contributed by atoms with Crippen LogP contribution in [-0.2, 0) is 11.3 Å². The first-order chi connectivity index (χ1) is 9.61. The first-order valence-corrected chi connectivity index (χ1v) is 6.77. The number of hydrogen-bond donors (Lipinski definition) is 1. The maximum absolute atomic E-state index is 11.9. The van der Waals surface area contributed by atoms with E-state index in [4.69, 9.17) is 10.5 Å².